The summed E-state index contributed by atoms with van der Waals surface area (Å²) < 4.78 is 11.3. The van der Waals surface area contributed by atoms with Gasteiger partial charge in [-0.25, -0.2) is 4.79 Å². The van der Waals surface area contributed by atoms with Gasteiger partial charge in [-0.3, -0.25) is 28.9 Å². The molecule has 0 N–H and O–H groups in total. The first-order valence-corrected chi connectivity index (χ1v) is 16.0. The minimum atomic E-state index is -1.38. The molecule has 0 aliphatic carbocycles. The quantitative estimate of drug-likeness (QED) is 0.0785. The van der Waals surface area contributed by atoms with Crippen LogP contribution in [0.1, 0.15) is 75.1 Å². The molecule has 0 saturated heterocycles. The van der Waals surface area contributed by atoms with E-state index in [9.17, 15) is 28.8 Å². The lowest BCUT2D eigenvalue weighted by molar-refractivity contribution is -0.147. The molecule has 50 heavy (non-hydrogen) atoms. The molecule has 0 saturated carbocycles. The van der Waals surface area contributed by atoms with Crippen LogP contribution in [-0.4, -0.2) is 46.8 Å². The number of halogens is 2. The van der Waals surface area contributed by atoms with E-state index in [0.29, 0.717) is 31.6 Å². The van der Waals surface area contributed by atoms with Crippen LogP contribution < -0.4 is 0 Å². The van der Waals surface area contributed by atoms with Crippen molar-refractivity contribution in [3.05, 3.63) is 176 Å². The summed E-state index contributed by atoms with van der Waals surface area (Å²) in [6.45, 7) is -0.803. The van der Waals surface area contributed by atoms with Gasteiger partial charge in [-0.2, -0.15) is 0 Å². The number of ketones is 2. The van der Waals surface area contributed by atoms with E-state index < -0.39 is 54.1 Å². The number of esters is 2. The highest BCUT2D eigenvalue weighted by molar-refractivity contribution is 6.31. The van der Waals surface area contributed by atoms with Gasteiger partial charge in [0.15, 0.2) is 12.2 Å². The smallest absolute Gasteiger partial charge is 0.339 e. The Morgan fingerprint density at radius 3 is 1.50 bits per heavy atom. The number of ether oxygens (including phenoxy) is 2. The summed E-state index contributed by atoms with van der Waals surface area (Å²) in [6, 6.07) is 32.6. The molecule has 0 aromatic heterocycles. The number of hydrogen-bond donors (Lipinski definition) is 0. The summed E-state index contributed by atoms with van der Waals surface area (Å²) in [6.07, 6.45) is -2.72. The van der Waals surface area contributed by atoms with Gasteiger partial charge in [0.2, 0.25) is 11.6 Å². The second-order valence-corrected chi connectivity index (χ2v) is 12.0. The third-order valence-electron chi connectivity index (χ3n) is 7.91. The predicted octanol–water partition coefficient (Wildman–Crippen LogP) is 7.54. The maximum atomic E-state index is 13.4. The van der Waals surface area contributed by atoms with Crippen LogP contribution in [0.5, 0.6) is 0 Å². The average molecular weight is 707 g/mol. The SMILES string of the molecule is O=C(CN1C(=O)c2ccc(C(=O)O[C@@H](C(=O)c3ccccc3)c3ccc(Cl)cc3)cc2C1=O)O[C@@H](C(=O)c1ccccc1)c1ccc(Cl)cc1. The summed E-state index contributed by atoms with van der Waals surface area (Å²) in [4.78, 5) is 80.8. The maximum Gasteiger partial charge on any atom is 0.339 e. The lowest BCUT2D eigenvalue weighted by Gasteiger charge is -2.19. The Bertz CT molecular complexity index is 2120. The van der Waals surface area contributed by atoms with Gasteiger partial charge < -0.3 is 9.47 Å². The fourth-order valence-corrected chi connectivity index (χ4v) is 5.61. The van der Waals surface area contributed by atoms with Gasteiger partial charge in [0.25, 0.3) is 11.8 Å². The first kappa shape index (κ1) is 34.0. The van der Waals surface area contributed by atoms with E-state index in [4.69, 9.17) is 32.7 Å². The summed E-state index contributed by atoms with van der Waals surface area (Å²) in [7, 11) is 0. The van der Waals surface area contributed by atoms with E-state index in [1.165, 1.54) is 42.5 Å². The molecule has 9 nitrogen and oxygen atoms in total. The molecule has 2 atom stereocenters. The Kier molecular flexibility index (Phi) is 9.99. The molecule has 0 radical (unpaired) electrons. The summed E-state index contributed by atoms with van der Waals surface area (Å²) in [5.41, 5.74) is 0.991. The molecule has 0 fully saturated rings. The standard InChI is InChI=1S/C39H25Cl2NO8/c40-28-16-11-25(12-17-28)35(33(44)23-7-3-1-4-8-23)49-32(43)22-42-37(46)30-20-15-27(21-31(30)38(42)47)39(48)50-36(26-13-18-29(41)19-14-26)34(45)24-9-5-2-6-10-24/h1-21,35-36H,22H2/t35-,36-/m1/s1. The summed E-state index contributed by atoms with van der Waals surface area (Å²) >= 11 is 12.0. The van der Waals surface area contributed by atoms with Crippen molar-refractivity contribution >= 4 is 58.5 Å². The van der Waals surface area contributed by atoms with Gasteiger partial charge >= 0.3 is 11.9 Å². The van der Waals surface area contributed by atoms with Crippen molar-refractivity contribution in [1.29, 1.82) is 0 Å². The number of carbonyl (C=O) groups excluding carboxylic acids is 6. The van der Waals surface area contributed by atoms with E-state index in [-0.39, 0.29) is 22.3 Å². The second-order valence-electron chi connectivity index (χ2n) is 11.2. The third-order valence-corrected chi connectivity index (χ3v) is 8.41. The maximum absolute atomic E-state index is 13.4. The molecule has 248 valence electrons. The van der Waals surface area contributed by atoms with E-state index in [1.54, 1.807) is 84.9 Å². The van der Waals surface area contributed by atoms with E-state index >= 15 is 0 Å². The largest absolute Gasteiger partial charge is 0.448 e. The third kappa shape index (κ3) is 7.24. The van der Waals surface area contributed by atoms with Crippen molar-refractivity contribution in [3.63, 3.8) is 0 Å². The van der Waals surface area contributed by atoms with Crippen LogP contribution in [0, 0.1) is 0 Å². The molecular formula is C39H25Cl2NO8. The highest BCUT2D eigenvalue weighted by atomic mass is 35.5. The monoisotopic (exact) mass is 705 g/mol. The van der Waals surface area contributed by atoms with Gasteiger partial charge in [0.05, 0.1) is 16.7 Å². The first-order chi connectivity index (χ1) is 24.1. The number of carbonyl (C=O) groups is 6. The number of hydrogen-bond acceptors (Lipinski definition) is 8. The molecule has 0 spiro atoms. The van der Waals surface area contributed by atoms with Crippen molar-refractivity contribution in [2.24, 2.45) is 0 Å². The highest BCUT2D eigenvalue weighted by Gasteiger charge is 2.39. The zero-order chi connectivity index (χ0) is 35.4. The molecule has 6 rings (SSSR count). The fourth-order valence-electron chi connectivity index (χ4n) is 5.36. The van der Waals surface area contributed by atoms with Crippen LogP contribution in [0.3, 0.4) is 0 Å². The van der Waals surface area contributed by atoms with Gasteiger partial charge in [-0.1, -0.05) is 108 Å². The Hall–Kier alpha value is -5.90. The molecule has 5 aromatic carbocycles. The minimum Gasteiger partial charge on any atom is -0.448 e. The fraction of sp³-hybridized carbons (Fsp3) is 0.0769. The predicted molar refractivity (Wildman–Crippen MR) is 183 cm³/mol. The van der Waals surface area contributed by atoms with Gasteiger partial charge in [0.1, 0.15) is 6.54 Å². The second kappa shape index (κ2) is 14.7. The number of nitrogens with zero attached hydrogens (tertiary/aromatic N) is 1. The van der Waals surface area contributed by atoms with Crippen molar-refractivity contribution in [3.8, 4) is 0 Å². The molecular weight excluding hydrogens is 681 g/mol. The van der Waals surface area contributed by atoms with Gasteiger partial charge in [-0.05, 0) is 42.5 Å². The van der Waals surface area contributed by atoms with Crippen molar-refractivity contribution in [2.75, 3.05) is 6.54 Å². The minimum absolute atomic E-state index is 0.0522. The molecule has 0 bridgehead atoms. The van der Waals surface area contributed by atoms with Crippen molar-refractivity contribution < 1.29 is 38.2 Å². The molecule has 1 aliphatic rings. The zero-order valence-corrected chi connectivity index (χ0v) is 27.5. The van der Waals surface area contributed by atoms with Crippen LogP contribution in [-0.2, 0) is 14.3 Å². The molecule has 1 aliphatic heterocycles. The Morgan fingerprint density at radius 1 is 0.540 bits per heavy atom. The molecule has 0 unspecified atom stereocenters. The molecule has 2 amide bonds. The van der Waals surface area contributed by atoms with E-state index in [2.05, 4.69) is 0 Å². The summed E-state index contributed by atoms with van der Waals surface area (Å²) in [5, 5.41) is 0.827. The van der Waals surface area contributed by atoms with Crippen LogP contribution in [0.25, 0.3) is 0 Å². The summed E-state index contributed by atoms with van der Waals surface area (Å²) in [5.74, 6) is -4.61. The van der Waals surface area contributed by atoms with Crippen LogP contribution in [0.15, 0.2) is 127 Å². The zero-order valence-electron chi connectivity index (χ0n) is 26.0. The highest BCUT2D eigenvalue weighted by Crippen LogP contribution is 2.29. The van der Waals surface area contributed by atoms with Crippen LogP contribution in [0.4, 0.5) is 0 Å². The lowest BCUT2D eigenvalue weighted by Crippen LogP contribution is -2.36. The molecule has 5 aromatic rings. The van der Waals surface area contributed by atoms with Gasteiger partial charge in [-0.15, -0.1) is 0 Å². The number of Topliss-reactive ketones (excluding diaryl/α,β-unsaturated/α-hetero) is 2. The Labute approximate surface area is 296 Å². The number of amides is 2. The lowest BCUT2D eigenvalue weighted by atomic mass is 9.99. The topological polar surface area (TPSA) is 124 Å². The molecule has 11 heteroatoms. The number of rotatable bonds is 11. The van der Waals surface area contributed by atoms with Crippen molar-refractivity contribution in [2.45, 2.75) is 12.2 Å². The van der Waals surface area contributed by atoms with Crippen LogP contribution in [0.2, 0.25) is 10.0 Å². The van der Waals surface area contributed by atoms with Crippen LogP contribution >= 0.6 is 23.2 Å². The number of fused-ring (bicyclic) bond motifs is 1. The number of imide groups is 1. The normalized spacial score (nSPS) is 13.3. The Balaban J connectivity index is 1.20. The average Bonchev–Trinajstić information content (AvgIpc) is 3.37. The van der Waals surface area contributed by atoms with E-state index in [1.807, 2.05) is 0 Å². The Morgan fingerprint density at radius 2 is 1.00 bits per heavy atom. The molecule has 1 heterocycles. The number of benzene rings is 5. The van der Waals surface area contributed by atoms with Crippen molar-refractivity contribution in [1.82, 2.24) is 4.90 Å². The van der Waals surface area contributed by atoms with E-state index in [0.717, 1.165) is 0 Å². The van der Waals surface area contributed by atoms with Gasteiger partial charge in [0, 0.05) is 32.3 Å². The first-order valence-electron chi connectivity index (χ1n) is 15.2.